The topological polar surface area (TPSA) is 72.8 Å². The normalized spacial score (nSPS) is 11.1. The van der Waals surface area contributed by atoms with E-state index in [2.05, 4.69) is 4.74 Å². The molecule has 0 rings (SSSR count). The van der Waals surface area contributed by atoms with Crippen LogP contribution in [-0.4, -0.2) is 36.9 Å². The molecule has 102 valence electrons. The Labute approximate surface area is 103 Å². The predicted molar refractivity (Wildman–Crippen MR) is 64.8 cm³/mol. The first-order valence-corrected chi connectivity index (χ1v) is 5.99. The van der Waals surface area contributed by atoms with Gasteiger partial charge in [0, 0.05) is 13.0 Å². The van der Waals surface area contributed by atoms with Crippen molar-refractivity contribution in [1.82, 2.24) is 0 Å². The van der Waals surface area contributed by atoms with E-state index < -0.39 is 5.97 Å². The van der Waals surface area contributed by atoms with Crippen LogP contribution in [0.15, 0.2) is 0 Å². The Bertz CT molecular complexity index is 203. The van der Waals surface area contributed by atoms with Crippen molar-refractivity contribution >= 4 is 11.9 Å². The molecule has 0 aliphatic carbocycles. The molecule has 0 heterocycles. The summed E-state index contributed by atoms with van der Waals surface area (Å²) in [5.41, 5.74) is 0. The van der Waals surface area contributed by atoms with Gasteiger partial charge < -0.3 is 14.6 Å². The van der Waals surface area contributed by atoms with Gasteiger partial charge in [0.15, 0.2) is 0 Å². The fraction of sp³-hybridized carbons (Fsp3) is 0.833. The van der Waals surface area contributed by atoms with Crippen molar-refractivity contribution in [1.29, 1.82) is 0 Å². The molecule has 0 fully saturated rings. The molecule has 5 nitrogen and oxygen atoms in total. The maximum atomic E-state index is 10.4. The summed E-state index contributed by atoms with van der Waals surface area (Å²) in [5, 5.41) is 8.52. The van der Waals surface area contributed by atoms with Crippen molar-refractivity contribution in [3.63, 3.8) is 0 Å². The van der Waals surface area contributed by atoms with Crippen LogP contribution in [-0.2, 0) is 19.1 Å². The number of hydrogen-bond donors (Lipinski definition) is 1. The molecular formula is C12H24O5. The Morgan fingerprint density at radius 2 is 1.71 bits per heavy atom. The van der Waals surface area contributed by atoms with Gasteiger partial charge in [0.25, 0.3) is 0 Å². The van der Waals surface area contributed by atoms with Crippen LogP contribution in [0.4, 0.5) is 0 Å². The Balaban J connectivity index is 0. The molecule has 0 aromatic carbocycles. The maximum absolute atomic E-state index is 10.4. The molecule has 0 saturated heterocycles. The van der Waals surface area contributed by atoms with Crippen molar-refractivity contribution in [3.8, 4) is 0 Å². The molecule has 1 unspecified atom stereocenters. The highest BCUT2D eigenvalue weighted by Crippen LogP contribution is 2.02. The van der Waals surface area contributed by atoms with Gasteiger partial charge in [-0.2, -0.15) is 0 Å². The third-order valence-electron chi connectivity index (χ3n) is 1.96. The number of hydrogen-bond acceptors (Lipinski definition) is 4. The smallest absolute Gasteiger partial charge is 0.308 e. The Morgan fingerprint density at radius 3 is 1.94 bits per heavy atom. The minimum absolute atomic E-state index is 0.123. The summed E-state index contributed by atoms with van der Waals surface area (Å²) in [6.45, 7) is 8.69. The predicted octanol–water partition coefficient (Wildman–Crippen LogP) is 2.09. The number of ether oxygens (including phenoxy) is 2. The molecule has 0 saturated carbocycles. The Hall–Kier alpha value is -1.10. The zero-order valence-corrected chi connectivity index (χ0v) is 11.2. The summed E-state index contributed by atoms with van der Waals surface area (Å²) in [5.74, 6) is -1.22. The highest BCUT2D eigenvalue weighted by molar-refractivity contribution is 5.70. The van der Waals surface area contributed by atoms with Gasteiger partial charge in [-0.05, 0) is 20.3 Å². The SMILES string of the molecule is CCOC(=O)CC.CCOCC(CC)C(=O)O. The number of esters is 1. The van der Waals surface area contributed by atoms with Crippen LogP contribution in [0.2, 0.25) is 0 Å². The largest absolute Gasteiger partial charge is 0.481 e. The molecule has 1 atom stereocenters. The van der Waals surface area contributed by atoms with Crippen molar-refractivity contribution in [2.75, 3.05) is 19.8 Å². The summed E-state index contributed by atoms with van der Waals surface area (Å²) in [6.07, 6.45) is 1.11. The van der Waals surface area contributed by atoms with E-state index in [9.17, 15) is 9.59 Å². The molecule has 1 N–H and O–H groups in total. The lowest BCUT2D eigenvalue weighted by Crippen LogP contribution is -2.18. The average Bonchev–Trinajstić information content (AvgIpc) is 2.30. The van der Waals surface area contributed by atoms with E-state index >= 15 is 0 Å². The van der Waals surface area contributed by atoms with Crippen LogP contribution >= 0.6 is 0 Å². The molecule has 17 heavy (non-hydrogen) atoms. The van der Waals surface area contributed by atoms with Crippen LogP contribution in [0.25, 0.3) is 0 Å². The van der Waals surface area contributed by atoms with Crippen LogP contribution in [0, 0.1) is 5.92 Å². The van der Waals surface area contributed by atoms with Crippen LogP contribution in [0.5, 0.6) is 0 Å². The zero-order valence-electron chi connectivity index (χ0n) is 11.2. The third-order valence-corrected chi connectivity index (χ3v) is 1.96. The standard InChI is InChI=1S/C7H14O3.C5H10O2/c1-3-6(7(8)9)5-10-4-2;1-3-5(6)7-4-2/h6H,3-5H2,1-2H3,(H,8,9);3-4H2,1-2H3. The zero-order chi connectivity index (χ0) is 13.7. The molecule has 0 aromatic heterocycles. The molecule has 0 aromatic rings. The summed E-state index contributed by atoms with van der Waals surface area (Å²) >= 11 is 0. The second-order valence-electron chi connectivity index (χ2n) is 3.26. The molecule has 5 heteroatoms. The Morgan fingerprint density at radius 1 is 1.12 bits per heavy atom. The number of carboxylic acids is 1. The van der Waals surface area contributed by atoms with Crippen LogP contribution in [0.1, 0.15) is 40.5 Å². The lowest BCUT2D eigenvalue weighted by atomic mass is 10.1. The van der Waals surface area contributed by atoms with Gasteiger partial charge >= 0.3 is 11.9 Å². The first-order valence-electron chi connectivity index (χ1n) is 5.99. The van der Waals surface area contributed by atoms with Gasteiger partial charge in [0.05, 0.1) is 19.1 Å². The van der Waals surface area contributed by atoms with E-state index in [1.165, 1.54) is 0 Å². The first-order chi connectivity index (χ1) is 8.03. The Kier molecular flexibility index (Phi) is 13.9. The summed E-state index contributed by atoms with van der Waals surface area (Å²) in [7, 11) is 0. The van der Waals surface area contributed by atoms with E-state index in [-0.39, 0.29) is 11.9 Å². The van der Waals surface area contributed by atoms with Gasteiger partial charge in [-0.3, -0.25) is 9.59 Å². The van der Waals surface area contributed by atoms with E-state index in [1.807, 2.05) is 13.8 Å². The van der Waals surface area contributed by atoms with Crippen molar-refractivity contribution in [2.24, 2.45) is 5.92 Å². The number of carbonyl (C=O) groups excluding carboxylic acids is 1. The van der Waals surface area contributed by atoms with Crippen molar-refractivity contribution in [2.45, 2.75) is 40.5 Å². The maximum Gasteiger partial charge on any atom is 0.308 e. The highest BCUT2D eigenvalue weighted by atomic mass is 16.5. The minimum atomic E-state index is -0.768. The van der Waals surface area contributed by atoms with Crippen LogP contribution in [0.3, 0.4) is 0 Å². The molecular weight excluding hydrogens is 224 g/mol. The second-order valence-corrected chi connectivity index (χ2v) is 3.26. The highest BCUT2D eigenvalue weighted by Gasteiger charge is 2.13. The van der Waals surface area contributed by atoms with E-state index in [1.54, 1.807) is 13.8 Å². The molecule has 0 radical (unpaired) electrons. The first kappa shape index (κ1) is 18.3. The molecule has 0 aliphatic heterocycles. The van der Waals surface area contributed by atoms with E-state index in [0.717, 1.165) is 0 Å². The third kappa shape index (κ3) is 12.8. The quantitative estimate of drug-likeness (QED) is 0.698. The molecule has 0 amide bonds. The lowest BCUT2D eigenvalue weighted by Gasteiger charge is -2.07. The summed E-state index contributed by atoms with van der Waals surface area (Å²) < 4.78 is 9.52. The second kappa shape index (κ2) is 13.0. The lowest BCUT2D eigenvalue weighted by molar-refractivity contribution is -0.144. The summed E-state index contributed by atoms with van der Waals surface area (Å²) in [6, 6.07) is 0. The molecule has 0 bridgehead atoms. The fourth-order valence-corrected chi connectivity index (χ4v) is 0.887. The minimum Gasteiger partial charge on any atom is -0.481 e. The molecule has 0 aliphatic rings. The number of rotatable bonds is 7. The number of carboxylic acid groups (broad SMARTS) is 1. The number of carbonyl (C=O) groups is 2. The van der Waals surface area contributed by atoms with Crippen LogP contribution < -0.4 is 0 Å². The van der Waals surface area contributed by atoms with Gasteiger partial charge in [-0.1, -0.05) is 13.8 Å². The monoisotopic (exact) mass is 248 g/mol. The van der Waals surface area contributed by atoms with Gasteiger partial charge in [0.1, 0.15) is 0 Å². The van der Waals surface area contributed by atoms with Crippen molar-refractivity contribution in [3.05, 3.63) is 0 Å². The van der Waals surface area contributed by atoms with E-state index in [0.29, 0.717) is 32.7 Å². The average molecular weight is 248 g/mol. The van der Waals surface area contributed by atoms with Crippen molar-refractivity contribution < 1.29 is 24.2 Å². The summed E-state index contributed by atoms with van der Waals surface area (Å²) in [4.78, 5) is 20.5. The van der Waals surface area contributed by atoms with E-state index in [4.69, 9.17) is 9.84 Å². The number of aliphatic carboxylic acids is 1. The van der Waals surface area contributed by atoms with Gasteiger partial charge in [-0.15, -0.1) is 0 Å². The van der Waals surface area contributed by atoms with Gasteiger partial charge in [-0.25, -0.2) is 0 Å². The fourth-order valence-electron chi connectivity index (χ4n) is 0.887. The van der Waals surface area contributed by atoms with Gasteiger partial charge in [0.2, 0.25) is 0 Å². The molecule has 0 spiro atoms.